The van der Waals surface area contributed by atoms with Gasteiger partial charge in [-0.2, -0.15) is 5.10 Å². The van der Waals surface area contributed by atoms with Gasteiger partial charge in [0.25, 0.3) is 0 Å². The lowest BCUT2D eigenvalue weighted by atomic mass is 9.73. The minimum atomic E-state index is -2.71. The average molecular weight is 519 g/mol. The zero-order valence-electron chi connectivity index (χ0n) is 20.3. The molecule has 1 saturated carbocycles. The van der Waals surface area contributed by atoms with Gasteiger partial charge in [-0.1, -0.05) is 30.3 Å². The Morgan fingerprint density at radius 3 is 2.34 bits per heavy atom. The number of benzene rings is 3. The van der Waals surface area contributed by atoms with Crippen molar-refractivity contribution in [2.45, 2.75) is 31.7 Å². The van der Waals surface area contributed by atoms with Crippen LogP contribution >= 0.6 is 0 Å². The fourth-order valence-corrected chi connectivity index (χ4v) is 6.11. The maximum atomic E-state index is 13.9. The number of fused-ring (bicyclic) bond motifs is 1. The van der Waals surface area contributed by atoms with Crippen LogP contribution in [0.3, 0.4) is 0 Å². The third kappa shape index (κ3) is 3.84. The van der Waals surface area contributed by atoms with Crippen LogP contribution in [-0.2, 0) is 9.59 Å². The Morgan fingerprint density at radius 1 is 1.03 bits per heavy atom. The Balaban J connectivity index is 1.48. The van der Waals surface area contributed by atoms with Gasteiger partial charge in [0.1, 0.15) is 5.82 Å². The van der Waals surface area contributed by atoms with Crippen LogP contribution in [0.15, 0.2) is 79.0 Å². The van der Waals surface area contributed by atoms with Gasteiger partial charge in [0, 0.05) is 23.4 Å². The highest BCUT2D eigenvalue weighted by Gasteiger charge is 2.65. The van der Waals surface area contributed by atoms with Crippen LogP contribution < -0.4 is 10.6 Å². The van der Waals surface area contributed by atoms with Crippen molar-refractivity contribution in [2.24, 2.45) is 23.0 Å². The van der Waals surface area contributed by atoms with Gasteiger partial charge in [-0.3, -0.25) is 9.59 Å². The van der Waals surface area contributed by atoms with Gasteiger partial charge >= 0.3 is 0 Å². The molecule has 1 saturated heterocycles. The number of nitrogens with two attached hydrogens (primary N) is 1. The quantitative estimate of drug-likeness (QED) is 0.356. The molecular formula is C29H25F3N4O2. The lowest BCUT2D eigenvalue weighted by molar-refractivity contribution is -0.128. The number of anilines is 1. The molecule has 1 aromatic heterocycles. The molecule has 2 heterocycles. The number of aromatic nitrogens is 2. The van der Waals surface area contributed by atoms with Crippen LogP contribution in [0.4, 0.5) is 18.9 Å². The van der Waals surface area contributed by atoms with Gasteiger partial charge in [0.05, 0.1) is 34.8 Å². The van der Waals surface area contributed by atoms with E-state index in [1.807, 2.05) is 30.3 Å². The molecule has 6 nitrogen and oxygen atoms in total. The molecular weight excluding hydrogens is 493 g/mol. The molecule has 4 aromatic rings. The standard InChI is InChI=1S/C29H25F3N4O2/c30-19-6-8-20(9-7-19)36-23-11-10-21(14-18(23)16-34-36)35-26(17-4-2-1-3-5-17)25(29(12-13-29)28(33)38)22(27(35)37)15-24(31)32/h1-11,14,16,22,24-26H,12-13,15H2,(H2,33,38)/t22-,25+,26-/m0/s1. The molecule has 0 bridgehead atoms. The predicted molar refractivity (Wildman–Crippen MR) is 136 cm³/mol. The monoisotopic (exact) mass is 518 g/mol. The summed E-state index contributed by atoms with van der Waals surface area (Å²) in [6.45, 7) is 0. The zero-order chi connectivity index (χ0) is 26.6. The van der Waals surface area contributed by atoms with Crippen LogP contribution in [-0.4, -0.2) is 28.0 Å². The number of carbonyl (C=O) groups is 2. The van der Waals surface area contributed by atoms with Crippen molar-refractivity contribution in [1.29, 1.82) is 0 Å². The van der Waals surface area contributed by atoms with Crippen molar-refractivity contribution in [3.05, 3.63) is 90.4 Å². The highest BCUT2D eigenvalue weighted by molar-refractivity contribution is 6.02. The fourth-order valence-electron chi connectivity index (χ4n) is 6.11. The summed E-state index contributed by atoms with van der Waals surface area (Å²) >= 11 is 0. The molecule has 6 rings (SSSR count). The maximum absolute atomic E-state index is 13.9. The maximum Gasteiger partial charge on any atom is 0.239 e. The fraction of sp³-hybridized carbons (Fsp3) is 0.276. The third-order valence-electron chi connectivity index (χ3n) is 8.00. The van der Waals surface area contributed by atoms with Gasteiger partial charge < -0.3 is 10.6 Å². The van der Waals surface area contributed by atoms with Crippen LogP contribution in [0.1, 0.15) is 30.9 Å². The van der Waals surface area contributed by atoms with E-state index >= 15 is 0 Å². The molecule has 2 N–H and O–H groups in total. The van der Waals surface area contributed by atoms with E-state index in [1.165, 1.54) is 12.1 Å². The second kappa shape index (κ2) is 9.01. The van der Waals surface area contributed by atoms with E-state index in [2.05, 4.69) is 5.10 Å². The van der Waals surface area contributed by atoms with Crippen molar-refractivity contribution >= 4 is 28.4 Å². The summed E-state index contributed by atoms with van der Waals surface area (Å²) in [7, 11) is 0. The molecule has 3 aromatic carbocycles. The summed E-state index contributed by atoms with van der Waals surface area (Å²) in [6.07, 6.45) is -0.757. The molecule has 2 amide bonds. The molecule has 2 fully saturated rings. The summed E-state index contributed by atoms with van der Waals surface area (Å²) < 4.78 is 42.6. The molecule has 2 aliphatic rings. The third-order valence-corrected chi connectivity index (χ3v) is 8.00. The van der Waals surface area contributed by atoms with E-state index in [-0.39, 0.29) is 5.82 Å². The Kier molecular flexibility index (Phi) is 5.74. The number of halogens is 3. The second-order valence-corrected chi connectivity index (χ2v) is 10.1. The van der Waals surface area contributed by atoms with Crippen molar-refractivity contribution in [2.75, 3.05) is 4.90 Å². The van der Waals surface area contributed by atoms with E-state index in [4.69, 9.17) is 5.73 Å². The topological polar surface area (TPSA) is 81.2 Å². The first-order chi connectivity index (χ1) is 18.3. The van der Waals surface area contributed by atoms with E-state index in [1.54, 1.807) is 46.1 Å². The van der Waals surface area contributed by atoms with E-state index in [0.29, 0.717) is 24.2 Å². The highest BCUT2D eigenvalue weighted by atomic mass is 19.3. The molecule has 1 aliphatic heterocycles. The Bertz CT molecular complexity index is 1520. The SMILES string of the molecule is NC(=O)C1([C@@H]2[C@H](CC(F)F)C(=O)N(c3ccc4c(cnn4-c4ccc(F)cc4)c3)[C@H]2c2ccccc2)CC1. The zero-order valence-corrected chi connectivity index (χ0v) is 20.3. The van der Waals surface area contributed by atoms with Crippen molar-refractivity contribution in [3.63, 3.8) is 0 Å². The number of hydrogen-bond acceptors (Lipinski definition) is 3. The highest BCUT2D eigenvalue weighted by Crippen LogP contribution is 2.63. The first-order valence-electron chi connectivity index (χ1n) is 12.5. The van der Waals surface area contributed by atoms with Gasteiger partial charge in [0.2, 0.25) is 18.2 Å². The van der Waals surface area contributed by atoms with Gasteiger partial charge in [-0.05, 0) is 60.9 Å². The molecule has 3 atom stereocenters. The summed E-state index contributed by atoms with van der Waals surface area (Å²) in [5.74, 6) is -3.07. The molecule has 9 heteroatoms. The lowest BCUT2D eigenvalue weighted by Gasteiger charge is -2.33. The van der Waals surface area contributed by atoms with Crippen LogP contribution in [0.25, 0.3) is 16.6 Å². The lowest BCUT2D eigenvalue weighted by Crippen LogP contribution is -2.38. The second-order valence-electron chi connectivity index (χ2n) is 10.1. The Hall–Kier alpha value is -4.14. The summed E-state index contributed by atoms with van der Waals surface area (Å²) in [5.41, 5.74) is 7.52. The molecule has 194 valence electrons. The number of rotatable bonds is 7. The largest absolute Gasteiger partial charge is 0.369 e. The van der Waals surface area contributed by atoms with Crippen LogP contribution in [0, 0.1) is 23.1 Å². The Morgan fingerprint density at radius 2 is 1.71 bits per heavy atom. The van der Waals surface area contributed by atoms with Gasteiger partial charge in [0.15, 0.2) is 0 Å². The van der Waals surface area contributed by atoms with Crippen LogP contribution in [0.5, 0.6) is 0 Å². The minimum absolute atomic E-state index is 0.357. The number of primary amides is 1. The van der Waals surface area contributed by atoms with Gasteiger partial charge in [-0.15, -0.1) is 0 Å². The minimum Gasteiger partial charge on any atom is -0.369 e. The number of carbonyl (C=O) groups excluding carboxylic acids is 2. The molecule has 1 aliphatic carbocycles. The summed E-state index contributed by atoms with van der Waals surface area (Å²) in [4.78, 5) is 28.1. The normalized spacial score (nSPS) is 22.4. The van der Waals surface area contributed by atoms with Crippen LogP contribution in [0.2, 0.25) is 0 Å². The smallest absolute Gasteiger partial charge is 0.239 e. The molecule has 0 unspecified atom stereocenters. The molecule has 38 heavy (non-hydrogen) atoms. The first-order valence-corrected chi connectivity index (χ1v) is 12.5. The summed E-state index contributed by atoms with van der Waals surface area (Å²) in [6, 6.07) is 19.8. The summed E-state index contributed by atoms with van der Waals surface area (Å²) in [5, 5.41) is 5.15. The predicted octanol–water partition coefficient (Wildman–Crippen LogP) is 5.41. The molecule has 0 spiro atoms. The van der Waals surface area contributed by atoms with E-state index < -0.39 is 48.0 Å². The average Bonchev–Trinajstić information content (AvgIpc) is 3.53. The Labute approximate surface area is 216 Å². The molecule has 0 radical (unpaired) electrons. The van der Waals surface area contributed by atoms with E-state index in [9.17, 15) is 22.8 Å². The number of nitrogens with zero attached hydrogens (tertiary/aromatic N) is 3. The van der Waals surface area contributed by atoms with Gasteiger partial charge in [-0.25, -0.2) is 17.9 Å². The van der Waals surface area contributed by atoms with Crippen molar-refractivity contribution in [1.82, 2.24) is 9.78 Å². The van der Waals surface area contributed by atoms with Crippen molar-refractivity contribution in [3.8, 4) is 5.69 Å². The number of hydrogen-bond donors (Lipinski definition) is 1. The number of alkyl halides is 2. The van der Waals surface area contributed by atoms with Crippen molar-refractivity contribution < 1.29 is 22.8 Å². The first kappa shape index (κ1) is 24.2. The number of amides is 2. The van der Waals surface area contributed by atoms with E-state index in [0.717, 1.165) is 16.5 Å².